The molecule has 0 radical (unpaired) electrons. The topological polar surface area (TPSA) is 51.4 Å². The monoisotopic (exact) mass is 271 g/mol. The van der Waals surface area contributed by atoms with Gasteiger partial charge in [0.2, 0.25) is 0 Å². The van der Waals surface area contributed by atoms with Crippen LogP contribution in [-0.4, -0.2) is 31.8 Å². The first-order valence-corrected chi connectivity index (χ1v) is 7.18. The summed E-state index contributed by atoms with van der Waals surface area (Å²) in [7, 11) is 2.12. The third-order valence-electron chi connectivity index (χ3n) is 4.03. The second-order valence-corrected chi connectivity index (χ2v) is 5.52. The van der Waals surface area contributed by atoms with Crippen LogP contribution in [0.5, 0.6) is 0 Å². The highest BCUT2D eigenvalue weighted by Gasteiger charge is 2.18. The van der Waals surface area contributed by atoms with Crippen molar-refractivity contribution in [2.24, 2.45) is 5.92 Å². The summed E-state index contributed by atoms with van der Waals surface area (Å²) in [6, 6.07) is 8.16. The zero-order chi connectivity index (χ0) is 13.9. The van der Waals surface area contributed by atoms with Gasteiger partial charge >= 0.3 is 0 Å². The normalized spacial score (nSPS) is 16.4. The Kier molecular flexibility index (Phi) is 3.74. The summed E-state index contributed by atoms with van der Waals surface area (Å²) in [6.45, 7) is 2.78. The second-order valence-electron chi connectivity index (χ2n) is 5.52. The van der Waals surface area contributed by atoms with Crippen LogP contribution in [0.2, 0.25) is 0 Å². The van der Waals surface area contributed by atoms with E-state index in [2.05, 4.69) is 23.0 Å². The van der Waals surface area contributed by atoms with Crippen molar-refractivity contribution in [1.82, 2.24) is 4.98 Å². The van der Waals surface area contributed by atoms with Gasteiger partial charge in [0.1, 0.15) is 0 Å². The SMILES string of the molecule is CN(CC1CCOCC1)c1c(N)cnc2ccccc12. The van der Waals surface area contributed by atoms with Crippen LogP contribution < -0.4 is 10.6 Å². The van der Waals surface area contributed by atoms with Crippen LogP contribution in [0.15, 0.2) is 30.5 Å². The number of hydrogen-bond donors (Lipinski definition) is 1. The Morgan fingerprint density at radius 3 is 2.85 bits per heavy atom. The highest BCUT2D eigenvalue weighted by molar-refractivity contribution is 5.97. The van der Waals surface area contributed by atoms with E-state index in [9.17, 15) is 0 Å². The maximum Gasteiger partial charge on any atom is 0.0745 e. The molecule has 106 valence electrons. The molecule has 20 heavy (non-hydrogen) atoms. The Bertz CT molecular complexity index is 593. The molecule has 3 rings (SSSR count). The summed E-state index contributed by atoms with van der Waals surface area (Å²) >= 11 is 0. The van der Waals surface area contributed by atoms with E-state index in [0.29, 0.717) is 5.92 Å². The zero-order valence-electron chi connectivity index (χ0n) is 11.9. The van der Waals surface area contributed by atoms with E-state index < -0.39 is 0 Å². The summed E-state index contributed by atoms with van der Waals surface area (Å²) in [4.78, 5) is 6.67. The number of rotatable bonds is 3. The van der Waals surface area contributed by atoms with Gasteiger partial charge in [-0.25, -0.2) is 0 Å². The second kappa shape index (κ2) is 5.67. The quantitative estimate of drug-likeness (QED) is 0.932. The lowest BCUT2D eigenvalue weighted by molar-refractivity contribution is 0.0685. The van der Waals surface area contributed by atoms with Gasteiger partial charge in [0.15, 0.2) is 0 Å². The van der Waals surface area contributed by atoms with Crippen LogP contribution in [0, 0.1) is 5.92 Å². The molecular weight excluding hydrogens is 250 g/mol. The Hall–Kier alpha value is -1.81. The summed E-state index contributed by atoms with van der Waals surface area (Å²) < 4.78 is 5.43. The molecule has 4 nitrogen and oxygen atoms in total. The van der Waals surface area contributed by atoms with Gasteiger partial charge in [-0.05, 0) is 24.8 Å². The number of nitrogens with two attached hydrogens (primary N) is 1. The lowest BCUT2D eigenvalue weighted by Crippen LogP contribution is -2.30. The lowest BCUT2D eigenvalue weighted by Gasteiger charge is -2.29. The minimum atomic E-state index is 0.681. The Balaban J connectivity index is 1.89. The van der Waals surface area contributed by atoms with Gasteiger partial charge in [-0.3, -0.25) is 4.98 Å². The summed E-state index contributed by atoms with van der Waals surface area (Å²) in [5.41, 5.74) is 9.01. The zero-order valence-corrected chi connectivity index (χ0v) is 11.9. The fraction of sp³-hybridized carbons (Fsp3) is 0.438. The molecule has 1 fully saturated rings. The highest BCUT2D eigenvalue weighted by atomic mass is 16.5. The molecule has 1 aliphatic rings. The molecule has 1 saturated heterocycles. The van der Waals surface area contributed by atoms with Crippen LogP contribution in [0.4, 0.5) is 11.4 Å². The molecule has 0 spiro atoms. The first kappa shape index (κ1) is 13.2. The minimum absolute atomic E-state index is 0.681. The first-order chi connectivity index (χ1) is 9.75. The summed E-state index contributed by atoms with van der Waals surface area (Å²) in [5, 5.41) is 1.13. The maximum absolute atomic E-state index is 6.16. The molecule has 0 aliphatic carbocycles. The van der Waals surface area contributed by atoms with Crippen LogP contribution in [0.3, 0.4) is 0 Å². The number of aromatic nitrogens is 1. The van der Waals surface area contributed by atoms with E-state index in [-0.39, 0.29) is 0 Å². The van der Waals surface area contributed by atoms with Gasteiger partial charge in [-0.15, -0.1) is 0 Å². The van der Waals surface area contributed by atoms with E-state index in [1.165, 1.54) is 0 Å². The van der Waals surface area contributed by atoms with Crippen molar-refractivity contribution in [2.45, 2.75) is 12.8 Å². The molecule has 0 saturated carbocycles. The van der Waals surface area contributed by atoms with Crippen molar-refractivity contribution in [2.75, 3.05) is 37.4 Å². The third kappa shape index (κ3) is 2.56. The van der Waals surface area contributed by atoms with Gasteiger partial charge in [0, 0.05) is 32.2 Å². The molecule has 2 N–H and O–H groups in total. The number of ether oxygens (including phenoxy) is 1. The number of para-hydroxylation sites is 1. The van der Waals surface area contributed by atoms with E-state index in [1.54, 1.807) is 6.20 Å². The molecule has 0 atom stereocenters. The molecule has 2 aromatic rings. The summed E-state index contributed by atoms with van der Waals surface area (Å²) in [6.07, 6.45) is 4.03. The van der Waals surface area contributed by atoms with Crippen molar-refractivity contribution in [1.29, 1.82) is 0 Å². The molecule has 0 amide bonds. The number of nitrogens with zero attached hydrogens (tertiary/aromatic N) is 2. The average molecular weight is 271 g/mol. The molecule has 0 bridgehead atoms. The predicted octanol–water partition coefficient (Wildman–Crippen LogP) is 2.68. The van der Waals surface area contributed by atoms with Crippen LogP contribution in [0.25, 0.3) is 10.9 Å². The number of fused-ring (bicyclic) bond motifs is 1. The molecule has 1 aliphatic heterocycles. The largest absolute Gasteiger partial charge is 0.396 e. The standard InChI is InChI=1S/C16H21N3O/c1-19(11-12-6-8-20-9-7-12)16-13-4-2-3-5-15(13)18-10-14(16)17/h2-5,10,12H,6-9,11,17H2,1H3. The Morgan fingerprint density at radius 2 is 2.05 bits per heavy atom. The van der Waals surface area contributed by atoms with Crippen molar-refractivity contribution in [3.05, 3.63) is 30.5 Å². The first-order valence-electron chi connectivity index (χ1n) is 7.18. The molecular formula is C16H21N3O. The fourth-order valence-corrected chi connectivity index (χ4v) is 2.98. The van der Waals surface area contributed by atoms with Crippen LogP contribution in [0.1, 0.15) is 12.8 Å². The smallest absolute Gasteiger partial charge is 0.0745 e. The van der Waals surface area contributed by atoms with E-state index >= 15 is 0 Å². The molecule has 4 heteroatoms. The van der Waals surface area contributed by atoms with Crippen molar-refractivity contribution in [3.63, 3.8) is 0 Å². The van der Waals surface area contributed by atoms with Gasteiger partial charge in [0.05, 0.1) is 23.1 Å². The number of anilines is 2. The number of benzene rings is 1. The van der Waals surface area contributed by atoms with Crippen molar-refractivity contribution in [3.8, 4) is 0 Å². The minimum Gasteiger partial charge on any atom is -0.396 e. The van der Waals surface area contributed by atoms with E-state index in [1.807, 2.05) is 18.2 Å². The Morgan fingerprint density at radius 1 is 1.30 bits per heavy atom. The molecule has 1 aromatic carbocycles. The number of hydrogen-bond acceptors (Lipinski definition) is 4. The van der Waals surface area contributed by atoms with Crippen molar-refractivity contribution < 1.29 is 4.74 Å². The van der Waals surface area contributed by atoms with Gasteiger partial charge in [0.25, 0.3) is 0 Å². The number of pyridine rings is 1. The Labute approximate surface area is 119 Å². The predicted molar refractivity (Wildman–Crippen MR) is 83.0 cm³/mol. The number of nitrogen functional groups attached to an aromatic ring is 1. The fourth-order valence-electron chi connectivity index (χ4n) is 2.98. The summed E-state index contributed by atoms with van der Waals surface area (Å²) in [5.74, 6) is 0.681. The van der Waals surface area contributed by atoms with E-state index in [4.69, 9.17) is 10.5 Å². The molecule has 0 unspecified atom stereocenters. The van der Waals surface area contributed by atoms with Gasteiger partial charge in [-0.2, -0.15) is 0 Å². The van der Waals surface area contributed by atoms with E-state index in [0.717, 1.165) is 54.9 Å². The molecule has 1 aromatic heterocycles. The van der Waals surface area contributed by atoms with Gasteiger partial charge < -0.3 is 15.4 Å². The van der Waals surface area contributed by atoms with Crippen molar-refractivity contribution >= 4 is 22.3 Å². The lowest BCUT2D eigenvalue weighted by atomic mass is 9.99. The third-order valence-corrected chi connectivity index (χ3v) is 4.03. The molecule has 2 heterocycles. The highest BCUT2D eigenvalue weighted by Crippen LogP contribution is 2.31. The average Bonchev–Trinajstić information content (AvgIpc) is 2.48. The van der Waals surface area contributed by atoms with Crippen LogP contribution >= 0.6 is 0 Å². The van der Waals surface area contributed by atoms with Crippen LogP contribution in [-0.2, 0) is 4.74 Å². The maximum atomic E-state index is 6.16. The van der Waals surface area contributed by atoms with Gasteiger partial charge in [-0.1, -0.05) is 18.2 Å².